The van der Waals surface area contributed by atoms with Gasteiger partial charge in [0.2, 0.25) is 0 Å². The summed E-state index contributed by atoms with van der Waals surface area (Å²) >= 11 is 1.66. The first kappa shape index (κ1) is 22.3. The number of alkyl halides is 2. The van der Waals surface area contributed by atoms with Crippen LogP contribution >= 0.6 is 11.8 Å². The van der Waals surface area contributed by atoms with Crippen molar-refractivity contribution >= 4 is 29.0 Å². The molecule has 4 heterocycles. The Balaban J connectivity index is 1.45. The smallest absolute Gasteiger partial charge is 0.387 e. The molecule has 1 aliphatic heterocycles. The van der Waals surface area contributed by atoms with E-state index in [0.29, 0.717) is 41.1 Å². The van der Waals surface area contributed by atoms with Gasteiger partial charge in [0.25, 0.3) is 5.91 Å². The van der Waals surface area contributed by atoms with Gasteiger partial charge in [-0.2, -0.15) is 19.0 Å². The molecule has 176 valence electrons. The summed E-state index contributed by atoms with van der Waals surface area (Å²) in [5, 5.41) is 14.1. The van der Waals surface area contributed by atoms with Crippen molar-refractivity contribution < 1.29 is 23.0 Å². The van der Waals surface area contributed by atoms with Gasteiger partial charge >= 0.3 is 6.61 Å². The van der Waals surface area contributed by atoms with Crippen LogP contribution in [0.25, 0.3) is 16.9 Å². The van der Waals surface area contributed by atoms with E-state index in [9.17, 15) is 13.6 Å². The molecule has 0 atom stereocenters. The molecule has 0 radical (unpaired) electrons. The molecule has 12 heteroatoms. The molecule has 1 aliphatic rings. The maximum atomic E-state index is 13.1. The predicted molar refractivity (Wildman–Crippen MR) is 121 cm³/mol. The number of ether oxygens (including phenoxy) is 2. The summed E-state index contributed by atoms with van der Waals surface area (Å²) in [5.74, 6) is -0.482. The second-order valence-electron chi connectivity index (χ2n) is 7.52. The van der Waals surface area contributed by atoms with Crippen LogP contribution in [0.4, 0.5) is 14.5 Å². The minimum Gasteiger partial charge on any atom is -0.434 e. The summed E-state index contributed by atoms with van der Waals surface area (Å²) in [5.41, 5.74) is 1.68. The van der Waals surface area contributed by atoms with Crippen LogP contribution in [0.1, 0.15) is 23.2 Å². The van der Waals surface area contributed by atoms with Crippen LogP contribution in [0.3, 0.4) is 0 Å². The quantitative estimate of drug-likeness (QED) is 0.402. The number of fused-ring (bicyclic) bond motifs is 1. The maximum absolute atomic E-state index is 13.1. The number of nitrogens with one attached hydrogen (secondary N) is 2. The first-order valence-electron chi connectivity index (χ1n) is 10.5. The topological polar surface area (TPSA) is 106 Å². The molecule has 5 rings (SSSR count). The number of benzene rings is 1. The fraction of sp³-hybridized carbons (Fsp3) is 0.273. The monoisotopic (exact) mass is 486 g/mol. The summed E-state index contributed by atoms with van der Waals surface area (Å²) in [6.07, 6.45) is 7.89. The van der Waals surface area contributed by atoms with Crippen LogP contribution in [0.2, 0.25) is 0 Å². The predicted octanol–water partition coefficient (Wildman–Crippen LogP) is 4.24. The molecule has 0 bridgehead atoms. The molecule has 4 aromatic rings. The van der Waals surface area contributed by atoms with Crippen LogP contribution in [-0.2, 0) is 4.74 Å². The second-order valence-corrected chi connectivity index (χ2v) is 8.90. The SMILES string of the molecule is O=C(Nc1cn[nH]c1-c1cc(SC2CCOCC2)ccc1OC(F)F)c1cnn2cccnc12. The van der Waals surface area contributed by atoms with Crippen molar-refractivity contribution in [1.82, 2.24) is 24.8 Å². The largest absolute Gasteiger partial charge is 0.434 e. The van der Waals surface area contributed by atoms with Gasteiger partial charge in [-0.15, -0.1) is 11.8 Å². The Morgan fingerprint density at radius 3 is 2.97 bits per heavy atom. The zero-order valence-electron chi connectivity index (χ0n) is 17.8. The number of amides is 1. The van der Waals surface area contributed by atoms with Gasteiger partial charge in [0.05, 0.1) is 23.8 Å². The van der Waals surface area contributed by atoms with Gasteiger partial charge in [0, 0.05) is 41.3 Å². The summed E-state index contributed by atoms with van der Waals surface area (Å²) < 4.78 is 37.9. The molecule has 3 aromatic heterocycles. The number of rotatable bonds is 7. The van der Waals surface area contributed by atoms with Crippen LogP contribution in [0.15, 0.2) is 53.9 Å². The van der Waals surface area contributed by atoms with Crippen molar-refractivity contribution in [3.63, 3.8) is 0 Å². The lowest BCUT2D eigenvalue weighted by Gasteiger charge is -2.22. The lowest BCUT2D eigenvalue weighted by molar-refractivity contribution is -0.0494. The Morgan fingerprint density at radius 1 is 1.29 bits per heavy atom. The highest BCUT2D eigenvalue weighted by atomic mass is 32.2. The summed E-state index contributed by atoms with van der Waals surface area (Å²) in [7, 11) is 0. The minimum absolute atomic E-state index is 0.0243. The molecule has 1 saturated heterocycles. The van der Waals surface area contributed by atoms with E-state index in [0.717, 1.165) is 17.7 Å². The van der Waals surface area contributed by atoms with E-state index in [1.807, 2.05) is 0 Å². The van der Waals surface area contributed by atoms with E-state index in [1.165, 1.54) is 23.0 Å². The molecular formula is C22H20F2N6O3S. The lowest BCUT2D eigenvalue weighted by atomic mass is 10.1. The molecule has 34 heavy (non-hydrogen) atoms. The molecule has 1 amide bonds. The molecule has 9 nitrogen and oxygen atoms in total. The average Bonchev–Trinajstić information content (AvgIpc) is 3.47. The van der Waals surface area contributed by atoms with Crippen molar-refractivity contribution in [3.05, 3.63) is 54.6 Å². The third kappa shape index (κ3) is 4.73. The van der Waals surface area contributed by atoms with Gasteiger partial charge in [-0.05, 0) is 37.1 Å². The van der Waals surface area contributed by atoms with Gasteiger partial charge in [0.1, 0.15) is 11.3 Å². The van der Waals surface area contributed by atoms with Crippen LogP contribution < -0.4 is 10.1 Å². The third-order valence-electron chi connectivity index (χ3n) is 5.32. The molecule has 0 spiro atoms. The number of hydrogen-bond acceptors (Lipinski definition) is 7. The minimum atomic E-state index is -3.00. The van der Waals surface area contributed by atoms with Crippen molar-refractivity contribution in [2.45, 2.75) is 29.6 Å². The summed E-state index contributed by atoms with van der Waals surface area (Å²) in [6.45, 7) is -1.60. The fourth-order valence-corrected chi connectivity index (χ4v) is 4.87. The molecule has 0 saturated carbocycles. The molecule has 0 aliphatic carbocycles. The lowest BCUT2D eigenvalue weighted by Crippen LogP contribution is -2.17. The highest BCUT2D eigenvalue weighted by Crippen LogP contribution is 2.39. The maximum Gasteiger partial charge on any atom is 0.387 e. The highest BCUT2D eigenvalue weighted by Gasteiger charge is 2.22. The zero-order chi connectivity index (χ0) is 23.5. The number of carbonyl (C=O) groups excluding carboxylic acids is 1. The first-order valence-corrected chi connectivity index (χ1v) is 11.4. The Morgan fingerprint density at radius 2 is 2.15 bits per heavy atom. The van der Waals surface area contributed by atoms with E-state index < -0.39 is 12.5 Å². The molecule has 1 fully saturated rings. The van der Waals surface area contributed by atoms with Gasteiger partial charge in [-0.25, -0.2) is 9.50 Å². The van der Waals surface area contributed by atoms with E-state index in [1.54, 1.807) is 42.4 Å². The normalized spacial score (nSPS) is 14.6. The second kappa shape index (κ2) is 9.77. The number of aromatic amines is 1. The zero-order valence-corrected chi connectivity index (χ0v) is 18.6. The number of hydrogen-bond donors (Lipinski definition) is 2. The Labute approximate surface area is 196 Å². The van der Waals surface area contributed by atoms with Gasteiger partial charge in [0.15, 0.2) is 5.65 Å². The number of nitrogens with zero attached hydrogens (tertiary/aromatic N) is 4. The standard InChI is InChI=1S/C22H20F2N6O3S/c23-22(24)33-18-3-2-14(34-13-4-8-32-9-5-13)10-15(18)19-17(12-26-29-19)28-21(31)16-11-27-30-7-1-6-25-20(16)30/h1-3,6-7,10-13,22H,4-5,8-9H2,(H,26,29)(H,28,31). The third-order valence-corrected chi connectivity index (χ3v) is 6.65. The van der Waals surface area contributed by atoms with Crippen molar-refractivity contribution in [1.29, 1.82) is 0 Å². The Kier molecular flexibility index (Phi) is 6.41. The van der Waals surface area contributed by atoms with Crippen molar-refractivity contribution in [2.75, 3.05) is 18.5 Å². The van der Waals surface area contributed by atoms with E-state index in [2.05, 4.69) is 25.6 Å². The van der Waals surface area contributed by atoms with Crippen molar-refractivity contribution in [3.8, 4) is 17.0 Å². The number of H-pyrrole nitrogens is 1. The number of thioether (sulfide) groups is 1. The van der Waals surface area contributed by atoms with E-state index in [4.69, 9.17) is 9.47 Å². The highest BCUT2D eigenvalue weighted by molar-refractivity contribution is 8.00. The number of anilines is 1. The van der Waals surface area contributed by atoms with E-state index >= 15 is 0 Å². The van der Waals surface area contributed by atoms with Gasteiger partial charge in [-0.3, -0.25) is 9.89 Å². The summed E-state index contributed by atoms with van der Waals surface area (Å²) in [4.78, 5) is 18.0. The Hall–Kier alpha value is -3.51. The van der Waals surface area contributed by atoms with Crippen LogP contribution in [0, 0.1) is 0 Å². The van der Waals surface area contributed by atoms with E-state index in [-0.39, 0.29) is 11.3 Å². The Bertz CT molecular complexity index is 1300. The average molecular weight is 487 g/mol. The molecule has 0 unspecified atom stereocenters. The van der Waals surface area contributed by atoms with Crippen LogP contribution in [0.5, 0.6) is 5.75 Å². The van der Waals surface area contributed by atoms with Gasteiger partial charge < -0.3 is 14.8 Å². The van der Waals surface area contributed by atoms with Gasteiger partial charge in [-0.1, -0.05) is 0 Å². The molecular weight excluding hydrogens is 466 g/mol. The molecule has 1 aromatic carbocycles. The fourth-order valence-electron chi connectivity index (χ4n) is 3.73. The van der Waals surface area contributed by atoms with Crippen molar-refractivity contribution in [2.24, 2.45) is 0 Å². The molecule has 2 N–H and O–H groups in total. The number of halogens is 2. The summed E-state index contributed by atoms with van der Waals surface area (Å²) in [6, 6.07) is 6.72. The first-order chi connectivity index (χ1) is 16.6. The number of carbonyl (C=O) groups is 1. The van der Waals surface area contributed by atoms with Crippen LogP contribution in [-0.4, -0.2) is 55.8 Å². The number of aromatic nitrogens is 5.